The number of anilines is 1. The van der Waals surface area contributed by atoms with Gasteiger partial charge in [-0.1, -0.05) is 13.0 Å². The zero-order chi connectivity index (χ0) is 16.6. The molecule has 1 aromatic carbocycles. The summed E-state index contributed by atoms with van der Waals surface area (Å²) in [7, 11) is 0. The first-order chi connectivity index (χ1) is 11.1. The molecule has 5 heteroatoms. The monoisotopic (exact) mass is 330 g/mol. The van der Waals surface area contributed by atoms with Gasteiger partial charge < -0.3 is 4.90 Å². The summed E-state index contributed by atoms with van der Waals surface area (Å²) in [4.78, 5) is 11.9. The average Bonchev–Trinajstić information content (AvgIpc) is 3.01. The van der Waals surface area contributed by atoms with E-state index >= 15 is 0 Å². The third-order valence-corrected chi connectivity index (χ3v) is 4.41. The lowest BCUT2D eigenvalue weighted by Crippen LogP contribution is -2.26. The summed E-state index contributed by atoms with van der Waals surface area (Å²) >= 11 is 6.43. The first-order valence-electron chi connectivity index (χ1n) is 8.23. The second-order valence-corrected chi connectivity index (χ2v) is 6.63. The second-order valence-electron chi connectivity index (χ2n) is 5.98. The number of aromatic nitrogens is 3. The van der Waals surface area contributed by atoms with Gasteiger partial charge in [0.15, 0.2) is 0 Å². The number of benzene rings is 1. The van der Waals surface area contributed by atoms with E-state index in [1.165, 1.54) is 5.56 Å². The molecule has 1 atom stereocenters. The van der Waals surface area contributed by atoms with Gasteiger partial charge in [0.2, 0.25) is 5.95 Å². The van der Waals surface area contributed by atoms with Crippen LogP contribution in [0.15, 0.2) is 24.5 Å². The van der Waals surface area contributed by atoms with Gasteiger partial charge in [-0.2, -0.15) is 0 Å². The van der Waals surface area contributed by atoms with E-state index in [0.29, 0.717) is 0 Å². The minimum atomic E-state index is -0.0867. The van der Waals surface area contributed by atoms with Crippen LogP contribution >= 0.6 is 11.6 Å². The highest BCUT2D eigenvalue weighted by atomic mass is 35.5. The summed E-state index contributed by atoms with van der Waals surface area (Å²) in [6, 6.07) is 4.28. The van der Waals surface area contributed by atoms with E-state index in [1.54, 1.807) is 0 Å². The fourth-order valence-electron chi connectivity index (χ4n) is 3.12. The molecule has 0 aliphatic carbocycles. The van der Waals surface area contributed by atoms with E-state index in [4.69, 9.17) is 16.6 Å². The smallest absolute Gasteiger partial charge is 0.211 e. The van der Waals surface area contributed by atoms with Gasteiger partial charge in [-0.3, -0.25) is 4.40 Å². The van der Waals surface area contributed by atoms with Crippen LogP contribution in [-0.4, -0.2) is 27.5 Å². The lowest BCUT2D eigenvalue weighted by atomic mass is 10.0. The maximum Gasteiger partial charge on any atom is 0.211 e. The van der Waals surface area contributed by atoms with Gasteiger partial charge in [0.05, 0.1) is 10.9 Å². The van der Waals surface area contributed by atoms with E-state index in [0.717, 1.165) is 47.6 Å². The Kier molecular flexibility index (Phi) is 4.44. The summed E-state index contributed by atoms with van der Waals surface area (Å²) < 4.78 is 2.09. The molecule has 0 fully saturated rings. The van der Waals surface area contributed by atoms with Gasteiger partial charge in [-0.25, -0.2) is 9.97 Å². The zero-order valence-electron chi connectivity index (χ0n) is 14.2. The molecule has 0 aliphatic heterocycles. The third kappa shape index (κ3) is 2.76. The standard InChI is InChI=1S/C18H23ClN4/c1-5-8-22(6-2)18-21-16-14(13(4)19)10-12(3)11-15(16)17-20-7-9-23(17)18/h7,9-11,13H,5-6,8H2,1-4H3. The van der Waals surface area contributed by atoms with Crippen LogP contribution in [0.4, 0.5) is 5.95 Å². The van der Waals surface area contributed by atoms with Gasteiger partial charge in [-0.05, 0) is 44.4 Å². The molecule has 0 aliphatic rings. The number of alkyl halides is 1. The van der Waals surface area contributed by atoms with Gasteiger partial charge in [0.1, 0.15) is 5.65 Å². The van der Waals surface area contributed by atoms with Gasteiger partial charge >= 0.3 is 0 Å². The molecule has 1 unspecified atom stereocenters. The van der Waals surface area contributed by atoms with Crippen LogP contribution in [0, 0.1) is 6.92 Å². The maximum absolute atomic E-state index is 6.43. The van der Waals surface area contributed by atoms with Crippen LogP contribution in [-0.2, 0) is 0 Å². The number of rotatable bonds is 5. The number of aryl methyl sites for hydroxylation is 1. The number of halogens is 1. The molecular weight excluding hydrogens is 308 g/mol. The lowest BCUT2D eigenvalue weighted by molar-refractivity contribution is 0.757. The molecule has 4 nitrogen and oxygen atoms in total. The van der Waals surface area contributed by atoms with Crippen LogP contribution in [0.5, 0.6) is 0 Å². The molecule has 0 bridgehead atoms. The summed E-state index contributed by atoms with van der Waals surface area (Å²) in [5.41, 5.74) is 4.16. The fourth-order valence-corrected chi connectivity index (χ4v) is 3.28. The number of fused-ring (bicyclic) bond motifs is 3. The summed E-state index contributed by atoms with van der Waals surface area (Å²) in [5.74, 6) is 0.941. The van der Waals surface area contributed by atoms with E-state index in [2.05, 4.69) is 47.2 Å². The molecule has 0 saturated heterocycles. The molecule has 0 radical (unpaired) electrons. The van der Waals surface area contributed by atoms with Crippen molar-refractivity contribution < 1.29 is 0 Å². The maximum atomic E-state index is 6.43. The van der Waals surface area contributed by atoms with E-state index in [1.807, 2.05) is 19.3 Å². The summed E-state index contributed by atoms with van der Waals surface area (Å²) in [5, 5.41) is 0.977. The number of hydrogen-bond acceptors (Lipinski definition) is 3. The molecule has 122 valence electrons. The van der Waals surface area contributed by atoms with E-state index in [9.17, 15) is 0 Å². The van der Waals surface area contributed by atoms with Crippen molar-refractivity contribution in [2.45, 2.75) is 39.5 Å². The average molecular weight is 331 g/mol. The van der Waals surface area contributed by atoms with Crippen molar-refractivity contribution >= 4 is 34.1 Å². The molecule has 0 N–H and O–H groups in total. The Labute approximate surface area is 142 Å². The Morgan fingerprint density at radius 3 is 2.74 bits per heavy atom. The van der Waals surface area contributed by atoms with Gasteiger partial charge in [0.25, 0.3) is 0 Å². The molecule has 3 aromatic rings. The quantitative estimate of drug-likeness (QED) is 0.634. The predicted octanol–water partition coefficient (Wildman–Crippen LogP) is 4.73. The highest BCUT2D eigenvalue weighted by molar-refractivity contribution is 6.21. The van der Waals surface area contributed by atoms with Crippen molar-refractivity contribution in [1.29, 1.82) is 0 Å². The van der Waals surface area contributed by atoms with Crippen LogP contribution < -0.4 is 4.90 Å². The van der Waals surface area contributed by atoms with Crippen LogP contribution in [0.1, 0.15) is 43.7 Å². The van der Waals surface area contributed by atoms with Crippen molar-refractivity contribution in [3.05, 3.63) is 35.7 Å². The zero-order valence-corrected chi connectivity index (χ0v) is 14.9. The van der Waals surface area contributed by atoms with E-state index < -0.39 is 0 Å². The Balaban J connectivity index is 2.38. The molecule has 2 aromatic heterocycles. The molecule has 3 rings (SSSR count). The number of hydrogen-bond donors (Lipinski definition) is 0. The van der Waals surface area contributed by atoms with E-state index in [-0.39, 0.29) is 5.38 Å². The highest BCUT2D eigenvalue weighted by Crippen LogP contribution is 2.32. The van der Waals surface area contributed by atoms with Crippen molar-refractivity contribution in [3.63, 3.8) is 0 Å². The first-order valence-corrected chi connectivity index (χ1v) is 8.66. The molecule has 23 heavy (non-hydrogen) atoms. The number of imidazole rings is 1. The third-order valence-electron chi connectivity index (χ3n) is 4.18. The topological polar surface area (TPSA) is 33.4 Å². The normalized spacial score (nSPS) is 12.9. The van der Waals surface area contributed by atoms with Gasteiger partial charge in [0, 0.05) is 30.9 Å². The molecular formula is C18H23ClN4. The Bertz CT molecular complexity index is 838. The van der Waals surface area contributed by atoms with Crippen LogP contribution in [0.25, 0.3) is 16.6 Å². The minimum Gasteiger partial charge on any atom is -0.342 e. The minimum absolute atomic E-state index is 0.0867. The molecule has 2 heterocycles. The van der Waals surface area contributed by atoms with Crippen molar-refractivity contribution in [1.82, 2.24) is 14.4 Å². The molecule has 0 saturated carbocycles. The predicted molar refractivity (Wildman–Crippen MR) is 97.7 cm³/mol. The Hall–Kier alpha value is -1.81. The Morgan fingerprint density at radius 1 is 1.30 bits per heavy atom. The SMILES string of the molecule is CCCN(CC)c1nc2c(C(C)Cl)cc(C)cc2c2nccn12. The second kappa shape index (κ2) is 6.36. The fraction of sp³-hybridized carbons (Fsp3) is 0.444. The lowest BCUT2D eigenvalue weighted by Gasteiger charge is -2.23. The van der Waals surface area contributed by atoms with Crippen molar-refractivity contribution in [2.24, 2.45) is 0 Å². The largest absolute Gasteiger partial charge is 0.342 e. The van der Waals surface area contributed by atoms with Crippen molar-refractivity contribution in [2.75, 3.05) is 18.0 Å². The van der Waals surface area contributed by atoms with Gasteiger partial charge in [-0.15, -0.1) is 11.6 Å². The van der Waals surface area contributed by atoms with Crippen LogP contribution in [0.3, 0.4) is 0 Å². The summed E-state index contributed by atoms with van der Waals surface area (Å²) in [6.07, 6.45) is 4.91. The Morgan fingerprint density at radius 2 is 2.09 bits per heavy atom. The molecule has 0 amide bonds. The molecule has 0 spiro atoms. The van der Waals surface area contributed by atoms with Crippen LogP contribution in [0.2, 0.25) is 0 Å². The van der Waals surface area contributed by atoms with Crippen molar-refractivity contribution in [3.8, 4) is 0 Å². The first kappa shape index (κ1) is 16.1. The number of nitrogens with zero attached hydrogens (tertiary/aromatic N) is 4. The summed E-state index contributed by atoms with van der Waals surface area (Å²) in [6.45, 7) is 10.3. The highest BCUT2D eigenvalue weighted by Gasteiger charge is 2.17.